The number of pyridine rings is 1. The van der Waals surface area contributed by atoms with Gasteiger partial charge >= 0.3 is 0 Å². The molecule has 1 amide bonds. The summed E-state index contributed by atoms with van der Waals surface area (Å²) < 4.78 is 27.5. The van der Waals surface area contributed by atoms with Crippen molar-refractivity contribution in [3.63, 3.8) is 0 Å². The van der Waals surface area contributed by atoms with E-state index in [1.165, 1.54) is 12.1 Å². The molecule has 7 nitrogen and oxygen atoms in total. The average Bonchev–Trinajstić information content (AvgIpc) is 3.06. The van der Waals surface area contributed by atoms with E-state index in [0.29, 0.717) is 35.1 Å². The fourth-order valence-corrected chi connectivity index (χ4v) is 3.12. The van der Waals surface area contributed by atoms with E-state index in [-0.39, 0.29) is 5.69 Å². The lowest BCUT2D eigenvalue weighted by Crippen LogP contribution is -2.21. The van der Waals surface area contributed by atoms with E-state index in [4.69, 9.17) is 0 Å². The lowest BCUT2D eigenvalue weighted by molar-refractivity contribution is 0.0651. The second-order valence-corrected chi connectivity index (χ2v) is 8.67. The quantitative estimate of drug-likeness (QED) is 0.524. The van der Waals surface area contributed by atoms with Crippen molar-refractivity contribution in [3.8, 4) is 0 Å². The SMILES string of the molecule is CC(C)(O)CCn1cc2cc(NC(=O)c3cccc(C(F)F)n3)c(C(C)(C)O)cc2n1. The molecular formula is C22H26F2N4O3. The molecule has 0 aliphatic carbocycles. The van der Waals surface area contributed by atoms with Crippen LogP contribution >= 0.6 is 0 Å². The number of anilines is 1. The second kappa shape index (κ2) is 8.32. The first-order valence-electron chi connectivity index (χ1n) is 9.86. The summed E-state index contributed by atoms with van der Waals surface area (Å²) in [7, 11) is 0. The number of aromatic nitrogens is 3. The maximum absolute atomic E-state index is 12.9. The smallest absolute Gasteiger partial charge is 0.280 e. The molecule has 2 heterocycles. The van der Waals surface area contributed by atoms with Crippen molar-refractivity contribution in [2.24, 2.45) is 0 Å². The Morgan fingerprint density at radius 3 is 2.52 bits per heavy atom. The number of halogens is 2. The summed E-state index contributed by atoms with van der Waals surface area (Å²) in [5.41, 5.74) is -1.41. The number of aliphatic hydroxyl groups is 2. The minimum Gasteiger partial charge on any atom is -0.390 e. The van der Waals surface area contributed by atoms with Crippen molar-refractivity contribution in [2.75, 3.05) is 5.32 Å². The van der Waals surface area contributed by atoms with Crippen LogP contribution in [0.2, 0.25) is 0 Å². The number of aryl methyl sites for hydroxylation is 1. The molecule has 0 saturated carbocycles. The van der Waals surface area contributed by atoms with Gasteiger partial charge in [0.15, 0.2) is 0 Å². The van der Waals surface area contributed by atoms with Gasteiger partial charge in [0.2, 0.25) is 0 Å². The number of hydrogen-bond donors (Lipinski definition) is 3. The van der Waals surface area contributed by atoms with Crippen LogP contribution in [0.25, 0.3) is 10.9 Å². The third-order valence-electron chi connectivity index (χ3n) is 4.78. The maximum Gasteiger partial charge on any atom is 0.280 e. The van der Waals surface area contributed by atoms with Crippen molar-refractivity contribution in [1.82, 2.24) is 14.8 Å². The highest BCUT2D eigenvalue weighted by Crippen LogP contribution is 2.32. The van der Waals surface area contributed by atoms with Gasteiger partial charge in [0.05, 0.1) is 16.7 Å². The third kappa shape index (κ3) is 5.62. The van der Waals surface area contributed by atoms with Crippen molar-refractivity contribution in [1.29, 1.82) is 0 Å². The van der Waals surface area contributed by atoms with E-state index in [1.54, 1.807) is 50.7 Å². The highest BCUT2D eigenvalue weighted by Gasteiger charge is 2.24. The molecule has 0 spiro atoms. The molecule has 3 aromatic rings. The van der Waals surface area contributed by atoms with Crippen LogP contribution in [0, 0.1) is 0 Å². The molecule has 31 heavy (non-hydrogen) atoms. The first-order valence-corrected chi connectivity index (χ1v) is 9.86. The van der Waals surface area contributed by atoms with E-state index in [9.17, 15) is 23.8 Å². The number of carbonyl (C=O) groups is 1. The third-order valence-corrected chi connectivity index (χ3v) is 4.78. The molecule has 9 heteroatoms. The number of hydrogen-bond acceptors (Lipinski definition) is 5. The van der Waals surface area contributed by atoms with Crippen LogP contribution in [0.15, 0.2) is 36.5 Å². The van der Waals surface area contributed by atoms with Gasteiger partial charge < -0.3 is 15.5 Å². The Hall–Kier alpha value is -2.91. The summed E-state index contributed by atoms with van der Waals surface area (Å²) in [5, 5.41) is 28.4. The summed E-state index contributed by atoms with van der Waals surface area (Å²) in [6.45, 7) is 7.07. The van der Waals surface area contributed by atoms with Crippen molar-refractivity contribution >= 4 is 22.5 Å². The zero-order valence-corrected chi connectivity index (χ0v) is 17.9. The van der Waals surface area contributed by atoms with Gasteiger partial charge in [-0.15, -0.1) is 0 Å². The first kappa shape index (κ1) is 22.8. The molecule has 0 fully saturated rings. The van der Waals surface area contributed by atoms with Crippen LogP contribution in [0.5, 0.6) is 0 Å². The number of benzene rings is 1. The highest BCUT2D eigenvalue weighted by molar-refractivity contribution is 6.04. The molecule has 166 valence electrons. The van der Waals surface area contributed by atoms with Gasteiger partial charge in [-0.2, -0.15) is 5.10 Å². The summed E-state index contributed by atoms with van der Waals surface area (Å²) in [6, 6.07) is 7.19. The average molecular weight is 432 g/mol. The van der Waals surface area contributed by atoms with Crippen molar-refractivity contribution in [2.45, 2.75) is 58.3 Å². The van der Waals surface area contributed by atoms with Gasteiger partial charge in [-0.05, 0) is 58.4 Å². The molecule has 0 saturated heterocycles. The molecule has 2 aromatic heterocycles. The van der Waals surface area contributed by atoms with Gasteiger partial charge in [-0.25, -0.2) is 13.8 Å². The Morgan fingerprint density at radius 2 is 1.90 bits per heavy atom. The number of nitrogens with zero attached hydrogens (tertiary/aromatic N) is 3. The summed E-state index contributed by atoms with van der Waals surface area (Å²) in [6.07, 6.45) is -0.513. The Kier molecular flexibility index (Phi) is 6.11. The number of alkyl halides is 2. The number of nitrogens with one attached hydrogen (secondary N) is 1. The monoisotopic (exact) mass is 432 g/mol. The van der Waals surface area contributed by atoms with Crippen LogP contribution < -0.4 is 5.32 Å². The van der Waals surface area contributed by atoms with E-state index in [1.807, 2.05) is 0 Å². The number of fused-ring (bicyclic) bond motifs is 1. The van der Waals surface area contributed by atoms with Gasteiger partial charge in [0, 0.05) is 29.4 Å². The zero-order chi connectivity index (χ0) is 23.0. The molecule has 0 aliphatic heterocycles. The van der Waals surface area contributed by atoms with E-state index < -0.39 is 29.2 Å². The van der Waals surface area contributed by atoms with Crippen molar-refractivity contribution < 1.29 is 23.8 Å². The molecule has 3 N–H and O–H groups in total. The Morgan fingerprint density at radius 1 is 1.19 bits per heavy atom. The van der Waals surface area contributed by atoms with E-state index in [2.05, 4.69) is 15.4 Å². The second-order valence-electron chi connectivity index (χ2n) is 8.67. The predicted molar refractivity (Wildman–Crippen MR) is 113 cm³/mol. The molecule has 0 radical (unpaired) electrons. The molecule has 3 rings (SSSR count). The normalized spacial score (nSPS) is 12.5. The fraction of sp³-hybridized carbons (Fsp3) is 0.409. The van der Waals surface area contributed by atoms with Crippen LogP contribution in [-0.2, 0) is 12.1 Å². The summed E-state index contributed by atoms with van der Waals surface area (Å²) >= 11 is 0. The number of amides is 1. The topological polar surface area (TPSA) is 100 Å². The Balaban J connectivity index is 1.96. The molecule has 0 aliphatic rings. The maximum atomic E-state index is 12.9. The molecule has 0 atom stereocenters. The zero-order valence-electron chi connectivity index (χ0n) is 17.9. The van der Waals surface area contributed by atoms with E-state index in [0.717, 1.165) is 6.07 Å². The standard InChI is InChI=1S/C22H26F2N4O3/c1-21(2,30)8-9-28-12-13-10-18(14(22(3,4)31)11-17(13)27-28)26-20(29)16-7-5-6-15(25-16)19(23)24/h5-7,10-12,19,30-31H,8-9H2,1-4H3,(H,26,29). The molecule has 0 bridgehead atoms. The Bertz CT molecular complexity index is 1100. The van der Waals surface area contributed by atoms with Gasteiger partial charge in [-0.3, -0.25) is 9.48 Å². The number of rotatable bonds is 7. The predicted octanol–water partition coefficient (Wildman–Crippen LogP) is 4.01. The minimum atomic E-state index is -2.79. The lowest BCUT2D eigenvalue weighted by Gasteiger charge is -2.22. The van der Waals surface area contributed by atoms with E-state index >= 15 is 0 Å². The minimum absolute atomic E-state index is 0.152. The van der Waals surface area contributed by atoms with Crippen LogP contribution in [0.4, 0.5) is 14.5 Å². The highest BCUT2D eigenvalue weighted by atomic mass is 19.3. The largest absolute Gasteiger partial charge is 0.390 e. The van der Waals surface area contributed by atoms with Gasteiger partial charge in [0.1, 0.15) is 11.4 Å². The van der Waals surface area contributed by atoms with Crippen molar-refractivity contribution in [3.05, 3.63) is 53.5 Å². The van der Waals surface area contributed by atoms with Gasteiger partial charge in [0.25, 0.3) is 12.3 Å². The number of carbonyl (C=O) groups excluding carboxylic acids is 1. The summed E-state index contributed by atoms with van der Waals surface area (Å²) in [4.78, 5) is 16.4. The molecular weight excluding hydrogens is 406 g/mol. The first-order chi connectivity index (χ1) is 14.3. The van der Waals surface area contributed by atoms with Crippen LogP contribution in [-0.4, -0.2) is 36.5 Å². The Labute approximate surface area is 178 Å². The van der Waals surface area contributed by atoms with Crippen LogP contribution in [0.3, 0.4) is 0 Å². The molecule has 1 aromatic carbocycles. The lowest BCUT2D eigenvalue weighted by atomic mass is 9.95. The molecule has 0 unspecified atom stereocenters. The summed E-state index contributed by atoms with van der Waals surface area (Å²) in [5.74, 6) is -0.665. The van der Waals surface area contributed by atoms with Gasteiger partial charge in [-0.1, -0.05) is 6.07 Å². The van der Waals surface area contributed by atoms with Crippen LogP contribution in [0.1, 0.15) is 62.3 Å². The fourth-order valence-electron chi connectivity index (χ4n) is 3.12.